The van der Waals surface area contributed by atoms with E-state index in [1.807, 2.05) is 0 Å². The molecule has 1 aliphatic heterocycles. The third-order valence-corrected chi connectivity index (χ3v) is 4.45. The van der Waals surface area contributed by atoms with Gasteiger partial charge in [-0.2, -0.15) is 0 Å². The summed E-state index contributed by atoms with van der Waals surface area (Å²) in [6, 6.07) is 9.32. The van der Waals surface area contributed by atoms with Crippen LogP contribution in [0.5, 0.6) is 0 Å². The van der Waals surface area contributed by atoms with Crippen LogP contribution >= 0.6 is 0 Å². The lowest BCUT2D eigenvalue weighted by Crippen LogP contribution is -2.36. The fraction of sp³-hybridized carbons (Fsp3) is 0.647. The average molecular weight is 258 g/mol. The van der Waals surface area contributed by atoms with Crippen molar-refractivity contribution in [2.75, 3.05) is 26.7 Å². The van der Waals surface area contributed by atoms with Gasteiger partial charge in [0.25, 0.3) is 0 Å². The van der Waals surface area contributed by atoms with Crippen molar-refractivity contribution in [1.82, 2.24) is 10.2 Å². The number of nitrogens with one attached hydrogen (secondary N) is 1. The molecular weight excluding hydrogens is 232 g/mol. The number of hydrogen-bond donors (Lipinski definition) is 1. The molecule has 1 atom stereocenters. The van der Waals surface area contributed by atoms with Crippen LogP contribution in [0.3, 0.4) is 0 Å². The minimum absolute atomic E-state index is 0.837. The van der Waals surface area contributed by atoms with Crippen LogP contribution in [-0.4, -0.2) is 31.6 Å². The zero-order chi connectivity index (χ0) is 13.1. The first-order chi connectivity index (χ1) is 9.31. The summed E-state index contributed by atoms with van der Waals surface area (Å²) in [5.41, 5.74) is 3.00. The molecule has 1 saturated heterocycles. The largest absolute Gasteiger partial charge is 0.316 e. The van der Waals surface area contributed by atoms with Gasteiger partial charge >= 0.3 is 0 Å². The van der Waals surface area contributed by atoms with Gasteiger partial charge in [-0.15, -0.1) is 0 Å². The van der Waals surface area contributed by atoms with E-state index in [1.165, 1.54) is 50.9 Å². The fourth-order valence-corrected chi connectivity index (χ4v) is 3.21. The van der Waals surface area contributed by atoms with E-state index in [2.05, 4.69) is 41.5 Å². The molecule has 1 aromatic carbocycles. The van der Waals surface area contributed by atoms with Crippen LogP contribution in [0.25, 0.3) is 0 Å². The number of hydrogen-bond acceptors (Lipinski definition) is 2. The first-order valence-corrected chi connectivity index (χ1v) is 7.79. The van der Waals surface area contributed by atoms with E-state index in [9.17, 15) is 0 Å². The summed E-state index contributed by atoms with van der Waals surface area (Å²) in [6.45, 7) is 4.71. The quantitative estimate of drug-likeness (QED) is 0.873. The van der Waals surface area contributed by atoms with Crippen LogP contribution in [0, 0.1) is 5.92 Å². The van der Waals surface area contributed by atoms with Crippen molar-refractivity contribution in [1.29, 1.82) is 0 Å². The Morgan fingerprint density at radius 3 is 2.58 bits per heavy atom. The highest BCUT2D eigenvalue weighted by Crippen LogP contribution is 2.39. The highest BCUT2D eigenvalue weighted by Gasteiger charge is 2.23. The first kappa shape index (κ1) is 13.1. The van der Waals surface area contributed by atoms with Gasteiger partial charge in [-0.1, -0.05) is 24.3 Å². The summed E-state index contributed by atoms with van der Waals surface area (Å²) < 4.78 is 0. The van der Waals surface area contributed by atoms with Gasteiger partial charge in [0.05, 0.1) is 0 Å². The van der Waals surface area contributed by atoms with Crippen molar-refractivity contribution in [3.63, 3.8) is 0 Å². The first-order valence-electron chi connectivity index (χ1n) is 7.79. The Hall–Kier alpha value is -0.860. The molecule has 3 rings (SSSR count). The Morgan fingerprint density at radius 2 is 1.95 bits per heavy atom. The molecule has 0 radical (unpaired) electrons. The monoisotopic (exact) mass is 258 g/mol. The Morgan fingerprint density at radius 1 is 1.16 bits per heavy atom. The minimum atomic E-state index is 0.837. The molecule has 2 nitrogen and oxygen atoms in total. The normalized spacial score (nSPS) is 23.8. The van der Waals surface area contributed by atoms with E-state index < -0.39 is 0 Å². The molecule has 1 heterocycles. The van der Waals surface area contributed by atoms with E-state index >= 15 is 0 Å². The van der Waals surface area contributed by atoms with Crippen LogP contribution < -0.4 is 5.32 Å². The lowest BCUT2D eigenvalue weighted by molar-refractivity contribution is 0.237. The van der Waals surface area contributed by atoms with Gasteiger partial charge in [-0.3, -0.25) is 0 Å². The molecule has 1 aliphatic carbocycles. The van der Waals surface area contributed by atoms with E-state index in [0.717, 1.165) is 18.4 Å². The Bertz CT molecular complexity index is 388. The minimum Gasteiger partial charge on any atom is -0.316 e. The number of nitrogens with zero attached hydrogens (tertiary/aromatic N) is 1. The SMILES string of the molecule is CN(Cc1ccc(C2CC2)cc1)CC1CCCNC1. The number of piperidine rings is 1. The molecule has 1 N–H and O–H groups in total. The standard InChI is InChI=1S/C17H26N2/c1-19(13-15-3-2-10-18-11-15)12-14-4-6-16(7-5-14)17-8-9-17/h4-7,15,17-18H,2-3,8-13H2,1H3. The van der Waals surface area contributed by atoms with Crippen molar-refractivity contribution in [3.05, 3.63) is 35.4 Å². The second-order valence-corrected chi connectivity index (χ2v) is 6.42. The van der Waals surface area contributed by atoms with Gasteiger partial charge in [0, 0.05) is 13.1 Å². The van der Waals surface area contributed by atoms with Gasteiger partial charge in [-0.05, 0) is 68.8 Å². The van der Waals surface area contributed by atoms with Crippen LogP contribution in [0.2, 0.25) is 0 Å². The molecule has 0 spiro atoms. The summed E-state index contributed by atoms with van der Waals surface area (Å²) >= 11 is 0. The van der Waals surface area contributed by atoms with Gasteiger partial charge in [-0.25, -0.2) is 0 Å². The molecule has 19 heavy (non-hydrogen) atoms. The average Bonchev–Trinajstić information content (AvgIpc) is 3.25. The number of benzene rings is 1. The van der Waals surface area contributed by atoms with Crippen molar-refractivity contribution in [3.8, 4) is 0 Å². The molecular formula is C17H26N2. The molecule has 1 unspecified atom stereocenters. The van der Waals surface area contributed by atoms with Crippen LogP contribution in [0.4, 0.5) is 0 Å². The maximum absolute atomic E-state index is 3.50. The lowest BCUT2D eigenvalue weighted by Gasteiger charge is -2.27. The van der Waals surface area contributed by atoms with Gasteiger partial charge in [0.2, 0.25) is 0 Å². The second kappa shape index (κ2) is 6.06. The fourth-order valence-electron chi connectivity index (χ4n) is 3.21. The third-order valence-electron chi connectivity index (χ3n) is 4.45. The van der Waals surface area contributed by atoms with Gasteiger partial charge in [0.1, 0.15) is 0 Å². The van der Waals surface area contributed by atoms with Crippen LogP contribution in [0.1, 0.15) is 42.7 Å². The summed E-state index contributed by atoms with van der Waals surface area (Å²) in [5, 5.41) is 3.50. The zero-order valence-corrected chi connectivity index (χ0v) is 12.1. The summed E-state index contributed by atoms with van der Waals surface area (Å²) in [7, 11) is 2.25. The highest BCUT2D eigenvalue weighted by atomic mass is 15.1. The molecule has 2 aliphatic rings. The lowest BCUT2D eigenvalue weighted by atomic mass is 9.99. The maximum atomic E-state index is 3.50. The molecule has 0 bridgehead atoms. The highest BCUT2D eigenvalue weighted by molar-refractivity contribution is 5.27. The van der Waals surface area contributed by atoms with Gasteiger partial charge in [0.15, 0.2) is 0 Å². The predicted octanol–water partition coefficient (Wildman–Crippen LogP) is 3.00. The Kier molecular flexibility index (Phi) is 4.19. The van der Waals surface area contributed by atoms with Crippen molar-refractivity contribution in [2.24, 2.45) is 5.92 Å². The van der Waals surface area contributed by atoms with E-state index in [0.29, 0.717) is 0 Å². The summed E-state index contributed by atoms with van der Waals surface area (Å²) in [5.74, 6) is 1.71. The van der Waals surface area contributed by atoms with E-state index in [-0.39, 0.29) is 0 Å². The maximum Gasteiger partial charge on any atom is 0.0230 e. The topological polar surface area (TPSA) is 15.3 Å². The molecule has 1 aromatic rings. The van der Waals surface area contributed by atoms with Crippen LogP contribution in [-0.2, 0) is 6.54 Å². The molecule has 0 amide bonds. The molecule has 2 fully saturated rings. The third kappa shape index (κ3) is 3.80. The van der Waals surface area contributed by atoms with Crippen LogP contribution in [0.15, 0.2) is 24.3 Å². The zero-order valence-electron chi connectivity index (χ0n) is 12.1. The molecule has 104 valence electrons. The molecule has 2 heteroatoms. The van der Waals surface area contributed by atoms with E-state index in [1.54, 1.807) is 5.56 Å². The molecule has 0 aromatic heterocycles. The van der Waals surface area contributed by atoms with Crippen molar-refractivity contribution >= 4 is 0 Å². The second-order valence-electron chi connectivity index (χ2n) is 6.42. The van der Waals surface area contributed by atoms with E-state index in [4.69, 9.17) is 0 Å². The van der Waals surface area contributed by atoms with Gasteiger partial charge < -0.3 is 10.2 Å². The number of rotatable bonds is 5. The Balaban J connectivity index is 1.48. The van der Waals surface area contributed by atoms with Crippen molar-refractivity contribution in [2.45, 2.75) is 38.1 Å². The smallest absolute Gasteiger partial charge is 0.0230 e. The summed E-state index contributed by atoms with van der Waals surface area (Å²) in [4.78, 5) is 2.48. The predicted molar refractivity (Wildman–Crippen MR) is 80.3 cm³/mol. The van der Waals surface area contributed by atoms with Crippen molar-refractivity contribution < 1.29 is 0 Å². The summed E-state index contributed by atoms with van der Waals surface area (Å²) in [6.07, 6.45) is 5.52. The molecule has 1 saturated carbocycles. The Labute approximate surface area is 117 Å².